The van der Waals surface area contributed by atoms with Crippen molar-refractivity contribution in [1.82, 2.24) is 15.5 Å². The van der Waals surface area contributed by atoms with E-state index in [2.05, 4.69) is 20.8 Å². The van der Waals surface area contributed by atoms with E-state index in [0.717, 1.165) is 18.5 Å². The van der Waals surface area contributed by atoms with Crippen molar-refractivity contribution in [2.75, 3.05) is 18.9 Å². The molecule has 0 saturated carbocycles. The molecule has 1 heterocycles. The van der Waals surface area contributed by atoms with E-state index >= 15 is 0 Å². The van der Waals surface area contributed by atoms with Crippen LogP contribution >= 0.6 is 0 Å². The Morgan fingerprint density at radius 1 is 1.64 bits per heavy atom. The summed E-state index contributed by atoms with van der Waals surface area (Å²) in [5.41, 5.74) is 0.951. The Morgan fingerprint density at radius 3 is 3.00 bits per heavy atom. The van der Waals surface area contributed by atoms with Crippen LogP contribution in [0.4, 0.5) is 5.82 Å². The molecule has 0 aliphatic rings. The van der Waals surface area contributed by atoms with Crippen LogP contribution in [0, 0.1) is 6.92 Å². The highest BCUT2D eigenvalue weighted by Crippen LogP contribution is 2.08. The van der Waals surface area contributed by atoms with Crippen molar-refractivity contribution >= 4 is 11.7 Å². The standard InChI is InChI=1S/C9H16N4O/c1-7-6-11-13-9(7)12-8(14)4-3-5-10-2/h6,10H,3-5H2,1-2H3,(H2,11,12,13,14). The van der Waals surface area contributed by atoms with Gasteiger partial charge < -0.3 is 10.6 Å². The third kappa shape index (κ3) is 3.18. The molecule has 1 amide bonds. The monoisotopic (exact) mass is 196 g/mol. The van der Waals surface area contributed by atoms with Gasteiger partial charge >= 0.3 is 0 Å². The van der Waals surface area contributed by atoms with Crippen molar-refractivity contribution in [2.45, 2.75) is 19.8 Å². The maximum Gasteiger partial charge on any atom is 0.225 e. The molecule has 0 atom stereocenters. The molecule has 0 radical (unpaired) electrons. The SMILES string of the molecule is CNCCCC(=O)Nc1[nH]ncc1C. The zero-order valence-corrected chi connectivity index (χ0v) is 8.55. The lowest BCUT2D eigenvalue weighted by Crippen LogP contribution is -2.15. The molecule has 0 bridgehead atoms. The van der Waals surface area contributed by atoms with Crippen LogP contribution in [-0.2, 0) is 4.79 Å². The van der Waals surface area contributed by atoms with E-state index in [4.69, 9.17) is 0 Å². The second-order valence-electron chi connectivity index (χ2n) is 3.18. The summed E-state index contributed by atoms with van der Waals surface area (Å²) in [5.74, 6) is 0.715. The molecule has 5 heteroatoms. The van der Waals surface area contributed by atoms with E-state index in [1.54, 1.807) is 6.20 Å². The minimum atomic E-state index is 0.0209. The summed E-state index contributed by atoms with van der Waals surface area (Å²) in [5, 5.41) is 12.3. The van der Waals surface area contributed by atoms with Gasteiger partial charge in [0.1, 0.15) is 5.82 Å². The van der Waals surface area contributed by atoms with Crippen molar-refractivity contribution in [1.29, 1.82) is 0 Å². The molecule has 0 fully saturated rings. The fraction of sp³-hybridized carbons (Fsp3) is 0.556. The molecule has 1 aromatic rings. The number of amides is 1. The first-order valence-corrected chi connectivity index (χ1v) is 4.68. The Hall–Kier alpha value is -1.36. The Balaban J connectivity index is 2.31. The van der Waals surface area contributed by atoms with Crippen LogP contribution in [0.1, 0.15) is 18.4 Å². The summed E-state index contributed by atoms with van der Waals surface area (Å²) in [7, 11) is 1.87. The molecular weight excluding hydrogens is 180 g/mol. The molecule has 0 aliphatic heterocycles. The molecule has 0 saturated heterocycles. The first kappa shape index (κ1) is 10.7. The van der Waals surface area contributed by atoms with Gasteiger partial charge in [-0.25, -0.2) is 0 Å². The van der Waals surface area contributed by atoms with E-state index in [0.29, 0.717) is 12.2 Å². The first-order chi connectivity index (χ1) is 6.74. The zero-order valence-electron chi connectivity index (χ0n) is 8.55. The van der Waals surface area contributed by atoms with Gasteiger partial charge in [-0.05, 0) is 26.9 Å². The smallest absolute Gasteiger partial charge is 0.225 e. The molecule has 78 valence electrons. The molecule has 5 nitrogen and oxygen atoms in total. The number of nitrogens with one attached hydrogen (secondary N) is 3. The largest absolute Gasteiger partial charge is 0.320 e. The molecule has 14 heavy (non-hydrogen) atoms. The van der Waals surface area contributed by atoms with Gasteiger partial charge in [-0.1, -0.05) is 0 Å². The Labute approximate surface area is 83.3 Å². The number of carbonyl (C=O) groups excluding carboxylic acids is 1. The van der Waals surface area contributed by atoms with Crippen LogP contribution in [0.2, 0.25) is 0 Å². The minimum Gasteiger partial charge on any atom is -0.320 e. The number of H-pyrrole nitrogens is 1. The van der Waals surface area contributed by atoms with Gasteiger partial charge in [0, 0.05) is 12.0 Å². The fourth-order valence-corrected chi connectivity index (χ4v) is 1.10. The van der Waals surface area contributed by atoms with Crippen molar-refractivity contribution in [3.8, 4) is 0 Å². The van der Waals surface area contributed by atoms with Crippen LogP contribution in [0.3, 0.4) is 0 Å². The molecule has 1 aromatic heterocycles. The third-order valence-corrected chi connectivity index (χ3v) is 1.92. The highest BCUT2D eigenvalue weighted by molar-refractivity contribution is 5.90. The van der Waals surface area contributed by atoms with Crippen molar-refractivity contribution in [3.63, 3.8) is 0 Å². The number of aromatic nitrogens is 2. The Kier molecular flexibility index (Phi) is 4.12. The average Bonchev–Trinajstić information content (AvgIpc) is 2.52. The van der Waals surface area contributed by atoms with E-state index in [1.807, 2.05) is 14.0 Å². The van der Waals surface area contributed by atoms with Gasteiger partial charge in [0.05, 0.1) is 6.20 Å². The normalized spacial score (nSPS) is 10.1. The van der Waals surface area contributed by atoms with Crippen molar-refractivity contribution in [2.24, 2.45) is 0 Å². The average molecular weight is 196 g/mol. The fourth-order valence-electron chi connectivity index (χ4n) is 1.10. The van der Waals surface area contributed by atoms with Crippen LogP contribution in [0.5, 0.6) is 0 Å². The third-order valence-electron chi connectivity index (χ3n) is 1.92. The Bertz CT molecular complexity index is 295. The molecular formula is C9H16N4O. The van der Waals surface area contributed by atoms with E-state index in [1.165, 1.54) is 0 Å². The summed E-state index contributed by atoms with van der Waals surface area (Å²) in [6.45, 7) is 2.75. The van der Waals surface area contributed by atoms with Gasteiger partial charge in [-0.3, -0.25) is 9.89 Å². The maximum absolute atomic E-state index is 11.4. The van der Waals surface area contributed by atoms with Crippen LogP contribution in [-0.4, -0.2) is 29.7 Å². The van der Waals surface area contributed by atoms with Gasteiger partial charge in [-0.2, -0.15) is 5.10 Å². The predicted octanol–water partition coefficient (Wildman–Crippen LogP) is 0.656. The summed E-state index contributed by atoms with van der Waals surface area (Å²) in [4.78, 5) is 11.4. The maximum atomic E-state index is 11.4. The number of rotatable bonds is 5. The Morgan fingerprint density at radius 2 is 2.43 bits per heavy atom. The number of anilines is 1. The minimum absolute atomic E-state index is 0.0209. The van der Waals surface area contributed by atoms with Crippen LogP contribution < -0.4 is 10.6 Å². The number of hydrogen-bond acceptors (Lipinski definition) is 3. The molecule has 0 spiro atoms. The second kappa shape index (κ2) is 5.39. The van der Waals surface area contributed by atoms with Crippen molar-refractivity contribution < 1.29 is 4.79 Å². The molecule has 0 unspecified atom stereocenters. The summed E-state index contributed by atoms with van der Waals surface area (Å²) in [6.07, 6.45) is 3.05. The highest BCUT2D eigenvalue weighted by Gasteiger charge is 2.04. The number of aromatic amines is 1. The molecule has 0 aliphatic carbocycles. The van der Waals surface area contributed by atoms with E-state index < -0.39 is 0 Å². The van der Waals surface area contributed by atoms with Crippen molar-refractivity contribution in [3.05, 3.63) is 11.8 Å². The van der Waals surface area contributed by atoms with Crippen LogP contribution in [0.25, 0.3) is 0 Å². The summed E-state index contributed by atoms with van der Waals surface area (Å²) in [6, 6.07) is 0. The molecule has 0 aromatic carbocycles. The lowest BCUT2D eigenvalue weighted by Gasteiger charge is -2.03. The number of aryl methyl sites for hydroxylation is 1. The summed E-state index contributed by atoms with van der Waals surface area (Å²) >= 11 is 0. The number of nitrogens with zero attached hydrogens (tertiary/aromatic N) is 1. The second-order valence-corrected chi connectivity index (χ2v) is 3.18. The number of carbonyl (C=O) groups is 1. The molecule has 3 N–H and O–H groups in total. The topological polar surface area (TPSA) is 69.8 Å². The molecule has 1 rings (SSSR count). The van der Waals surface area contributed by atoms with E-state index in [9.17, 15) is 4.79 Å². The lowest BCUT2D eigenvalue weighted by atomic mass is 10.3. The van der Waals surface area contributed by atoms with Gasteiger partial charge in [0.15, 0.2) is 0 Å². The summed E-state index contributed by atoms with van der Waals surface area (Å²) < 4.78 is 0. The lowest BCUT2D eigenvalue weighted by molar-refractivity contribution is -0.116. The zero-order chi connectivity index (χ0) is 10.4. The van der Waals surface area contributed by atoms with Gasteiger partial charge in [0.25, 0.3) is 0 Å². The first-order valence-electron chi connectivity index (χ1n) is 4.68. The highest BCUT2D eigenvalue weighted by atomic mass is 16.1. The number of hydrogen-bond donors (Lipinski definition) is 3. The van der Waals surface area contributed by atoms with Gasteiger partial charge in [0.2, 0.25) is 5.91 Å². The van der Waals surface area contributed by atoms with Crippen LogP contribution in [0.15, 0.2) is 6.20 Å². The predicted molar refractivity (Wildman–Crippen MR) is 55.1 cm³/mol. The quantitative estimate of drug-likeness (QED) is 0.606. The van der Waals surface area contributed by atoms with Gasteiger partial charge in [-0.15, -0.1) is 0 Å². The van der Waals surface area contributed by atoms with E-state index in [-0.39, 0.29) is 5.91 Å².